The van der Waals surface area contributed by atoms with E-state index in [4.69, 9.17) is 27.2 Å². The fourth-order valence-corrected chi connectivity index (χ4v) is 4.60. The lowest BCUT2D eigenvalue weighted by atomic mass is 10.1. The number of carbonyl (C=O) groups is 2. The van der Waals surface area contributed by atoms with Crippen LogP contribution in [0.2, 0.25) is 5.02 Å². The Bertz CT molecular complexity index is 1360. The van der Waals surface area contributed by atoms with Gasteiger partial charge in [-0.15, -0.1) is 11.3 Å². The molecule has 0 saturated carbocycles. The molecule has 2 aromatic carbocycles. The number of anilines is 2. The molecule has 0 unspecified atom stereocenters. The third-order valence-electron chi connectivity index (χ3n) is 5.16. The number of aliphatic hydroxyl groups excluding tert-OH is 1. The summed E-state index contributed by atoms with van der Waals surface area (Å²) in [7, 11) is 0. The van der Waals surface area contributed by atoms with E-state index in [9.17, 15) is 9.59 Å². The molecule has 10 heteroatoms. The highest BCUT2D eigenvalue weighted by atomic mass is 35.5. The van der Waals surface area contributed by atoms with Gasteiger partial charge in [0.05, 0.1) is 10.3 Å². The lowest BCUT2D eigenvalue weighted by Gasteiger charge is -2.10. The van der Waals surface area contributed by atoms with E-state index in [-0.39, 0.29) is 25.0 Å². The Morgan fingerprint density at radius 2 is 1.94 bits per heavy atom. The van der Waals surface area contributed by atoms with Crippen molar-refractivity contribution in [3.05, 3.63) is 81.8 Å². The lowest BCUT2D eigenvalue weighted by molar-refractivity contribution is 0.0951. The molecule has 4 rings (SSSR count). The number of hydrogen-bond donors (Lipinski definition) is 4. The van der Waals surface area contributed by atoms with E-state index < -0.39 is 0 Å². The van der Waals surface area contributed by atoms with E-state index in [2.05, 4.69) is 15.6 Å². The number of nitrogen functional groups attached to an aromatic ring is 1. The predicted octanol–water partition coefficient (Wildman–Crippen LogP) is 4.48. The van der Waals surface area contributed by atoms with Crippen LogP contribution >= 0.6 is 22.9 Å². The maximum absolute atomic E-state index is 12.6. The van der Waals surface area contributed by atoms with Gasteiger partial charge in [0.25, 0.3) is 11.8 Å². The zero-order chi connectivity index (χ0) is 24.8. The molecule has 35 heavy (non-hydrogen) atoms. The second-order valence-electron chi connectivity index (χ2n) is 7.63. The van der Waals surface area contributed by atoms with Gasteiger partial charge >= 0.3 is 0 Å². The first kappa shape index (κ1) is 24.5. The van der Waals surface area contributed by atoms with Crippen LogP contribution in [0.15, 0.2) is 60.1 Å². The second-order valence-corrected chi connectivity index (χ2v) is 8.95. The molecule has 5 N–H and O–H groups in total. The molecule has 0 fully saturated rings. The zero-order valence-corrected chi connectivity index (χ0v) is 20.2. The van der Waals surface area contributed by atoms with Crippen molar-refractivity contribution >= 4 is 56.3 Å². The Morgan fingerprint density at radius 1 is 1.14 bits per heavy atom. The first-order valence-corrected chi connectivity index (χ1v) is 12.1. The van der Waals surface area contributed by atoms with E-state index in [0.29, 0.717) is 56.5 Å². The molecule has 8 nitrogen and oxygen atoms in total. The first-order chi connectivity index (χ1) is 17.0. The van der Waals surface area contributed by atoms with Crippen molar-refractivity contribution in [1.82, 2.24) is 10.3 Å². The fraction of sp³-hybridized carbons (Fsp3) is 0.160. The highest BCUT2D eigenvalue weighted by molar-refractivity contribution is 7.17. The van der Waals surface area contributed by atoms with Crippen LogP contribution in [0, 0.1) is 0 Å². The summed E-state index contributed by atoms with van der Waals surface area (Å²) >= 11 is 7.27. The molecule has 0 spiro atoms. The number of hydrogen-bond acceptors (Lipinski definition) is 7. The lowest BCUT2D eigenvalue weighted by Crippen LogP contribution is -2.25. The molecular weight excluding hydrogens is 488 g/mol. The Kier molecular flexibility index (Phi) is 7.81. The van der Waals surface area contributed by atoms with Crippen LogP contribution < -0.4 is 21.1 Å². The van der Waals surface area contributed by atoms with Crippen molar-refractivity contribution in [1.29, 1.82) is 0 Å². The fourth-order valence-electron chi connectivity index (χ4n) is 3.40. The van der Waals surface area contributed by atoms with Gasteiger partial charge < -0.3 is 26.2 Å². The van der Waals surface area contributed by atoms with Crippen LogP contribution in [0.1, 0.15) is 32.7 Å². The van der Waals surface area contributed by atoms with E-state index in [0.717, 1.165) is 5.56 Å². The number of carbonyl (C=O) groups excluding carboxylic acids is 2. The monoisotopic (exact) mass is 510 g/mol. The molecule has 0 bridgehead atoms. The minimum Gasteiger partial charge on any atom is -0.489 e. The highest BCUT2D eigenvalue weighted by Crippen LogP contribution is 2.33. The van der Waals surface area contributed by atoms with Crippen LogP contribution in [0.5, 0.6) is 5.75 Å². The molecule has 0 aliphatic carbocycles. The summed E-state index contributed by atoms with van der Waals surface area (Å²) in [5.74, 6) is 0.272. The quantitative estimate of drug-likeness (QED) is 0.246. The number of rotatable bonds is 9. The number of benzene rings is 2. The molecule has 4 aromatic rings. The van der Waals surface area contributed by atoms with Gasteiger partial charge in [0, 0.05) is 46.6 Å². The zero-order valence-electron chi connectivity index (χ0n) is 18.6. The third kappa shape index (κ3) is 5.89. The van der Waals surface area contributed by atoms with E-state index >= 15 is 0 Å². The summed E-state index contributed by atoms with van der Waals surface area (Å²) < 4.78 is 6.66. The maximum Gasteiger partial charge on any atom is 0.255 e. The predicted molar refractivity (Wildman–Crippen MR) is 138 cm³/mol. The van der Waals surface area contributed by atoms with E-state index in [1.165, 1.54) is 17.5 Å². The number of ether oxygens (including phenoxy) is 1. The van der Waals surface area contributed by atoms with Crippen LogP contribution in [0.25, 0.3) is 10.1 Å². The molecule has 0 radical (unpaired) electrons. The van der Waals surface area contributed by atoms with E-state index in [1.807, 2.05) is 5.38 Å². The maximum atomic E-state index is 12.6. The molecule has 0 atom stereocenters. The average molecular weight is 511 g/mol. The largest absolute Gasteiger partial charge is 0.489 e. The van der Waals surface area contributed by atoms with Gasteiger partial charge in [0.1, 0.15) is 18.2 Å². The Morgan fingerprint density at radius 3 is 2.71 bits per heavy atom. The van der Waals surface area contributed by atoms with Gasteiger partial charge in [0.2, 0.25) is 0 Å². The molecule has 2 amide bonds. The number of amides is 2. The van der Waals surface area contributed by atoms with Crippen molar-refractivity contribution < 1.29 is 19.4 Å². The molecule has 180 valence electrons. The topological polar surface area (TPSA) is 127 Å². The van der Waals surface area contributed by atoms with Crippen LogP contribution in [0.4, 0.5) is 11.5 Å². The van der Waals surface area contributed by atoms with Gasteiger partial charge in [-0.1, -0.05) is 17.7 Å². The second kappa shape index (κ2) is 11.2. The number of nitrogens with two attached hydrogens (primary N) is 1. The standard InChI is InChI=1S/C25H23ClN4O4S/c26-17-5-7-18(8-6-17)30-24(32)15-3-1-4-19(11-15)34-13-16-14-35-22-20(12-29-23(27)21(16)22)25(33)28-9-2-10-31/h1,3-8,11-12,14,31H,2,9-10,13H2,(H2,27,29)(H,28,33)(H,30,32). The van der Waals surface area contributed by atoms with Crippen LogP contribution in [-0.4, -0.2) is 35.1 Å². The number of halogens is 1. The van der Waals surface area contributed by atoms with Crippen molar-refractivity contribution in [3.63, 3.8) is 0 Å². The molecule has 0 aliphatic rings. The molecule has 0 saturated heterocycles. The highest BCUT2D eigenvalue weighted by Gasteiger charge is 2.17. The minimum absolute atomic E-state index is 0.000153. The SMILES string of the molecule is Nc1ncc(C(=O)NCCCO)c2scc(COc3cccc(C(=O)Nc4ccc(Cl)cc4)c3)c12. The molecular formula is C25H23ClN4O4S. The number of thiophene rings is 1. The molecule has 2 aromatic heterocycles. The van der Waals surface area contributed by atoms with Gasteiger partial charge in [-0.2, -0.15) is 0 Å². The smallest absolute Gasteiger partial charge is 0.255 e. The summed E-state index contributed by atoms with van der Waals surface area (Å²) in [5, 5.41) is 17.6. The van der Waals surface area contributed by atoms with Crippen molar-refractivity contribution in [2.45, 2.75) is 13.0 Å². The summed E-state index contributed by atoms with van der Waals surface area (Å²) in [5.41, 5.74) is 8.40. The summed E-state index contributed by atoms with van der Waals surface area (Å²) in [6.07, 6.45) is 1.92. The molecule has 0 aliphatic heterocycles. The average Bonchev–Trinajstić information content (AvgIpc) is 3.29. The van der Waals surface area contributed by atoms with E-state index in [1.54, 1.807) is 48.5 Å². The first-order valence-electron chi connectivity index (χ1n) is 10.8. The number of pyridine rings is 1. The van der Waals surface area contributed by atoms with Gasteiger partial charge in [-0.3, -0.25) is 9.59 Å². The summed E-state index contributed by atoms with van der Waals surface area (Å²) in [4.78, 5) is 29.3. The van der Waals surface area contributed by atoms with Gasteiger partial charge in [0.15, 0.2) is 0 Å². The van der Waals surface area contributed by atoms with Crippen molar-refractivity contribution in [2.75, 3.05) is 24.2 Å². The van der Waals surface area contributed by atoms with Crippen molar-refractivity contribution in [3.8, 4) is 5.75 Å². The normalized spacial score (nSPS) is 10.8. The van der Waals surface area contributed by atoms with Gasteiger partial charge in [-0.05, 0) is 54.3 Å². The Hall–Kier alpha value is -3.66. The van der Waals surface area contributed by atoms with Crippen molar-refractivity contribution in [2.24, 2.45) is 0 Å². The number of aromatic nitrogens is 1. The summed E-state index contributed by atoms with van der Waals surface area (Å²) in [6.45, 7) is 0.550. The Labute approximate surface area is 210 Å². The minimum atomic E-state index is -0.274. The third-order valence-corrected chi connectivity index (χ3v) is 6.47. The van der Waals surface area contributed by atoms with Gasteiger partial charge in [-0.25, -0.2) is 4.98 Å². The number of fused-ring (bicyclic) bond motifs is 1. The summed E-state index contributed by atoms with van der Waals surface area (Å²) in [6, 6.07) is 13.7. The number of nitrogens with zero attached hydrogens (tertiary/aromatic N) is 1. The van der Waals surface area contributed by atoms with Crippen LogP contribution in [-0.2, 0) is 6.61 Å². The number of aliphatic hydroxyl groups is 1. The number of nitrogens with one attached hydrogen (secondary N) is 2. The molecule has 2 heterocycles. The Balaban J connectivity index is 1.48. The van der Waals surface area contributed by atoms with Crippen LogP contribution in [0.3, 0.4) is 0 Å².